The number of aromatic nitrogens is 1. The summed E-state index contributed by atoms with van der Waals surface area (Å²) in [5.74, 6) is 0.840. The highest BCUT2D eigenvalue weighted by molar-refractivity contribution is 7.10. The van der Waals surface area contributed by atoms with E-state index in [-0.39, 0.29) is 24.1 Å². The second kappa shape index (κ2) is 9.52. The van der Waals surface area contributed by atoms with Crippen LogP contribution in [0.15, 0.2) is 28.2 Å². The molecule has 0 fully saturated rings. The molecule has 0 spiro atoms. The van der Waals surface area contributed by atoms with Crippen molar-refractivity contribution in [3.05, 3.63) is 40.2 Å². The monoisotopic (exact) mass is 377 g/mol. The predicted octanol–water partition coefficient (Wildman–Crippen LogP) is 3.35. The van der Waals surface area contributed by atoms with E-state index in [1.54, 1.807) is 16.2 Å². The molecule has 0 atom stereocenters. The van der Waals surface area contributed by atoms with E-state index in [4.69, 9.17) is 4.42 Å². The molecule has 1 N–H and O–H groups in total. The highest BCUT2D eigenvalue weighted by atomic mass is 32.1. The van der Waals surface area contributed by atoms with Crippen molar-refractivity contribution in [1.29, 1.82) is 0 Å². The molecule has 0 aliphatic rings. The van der Waals surface area contributed by atoms with Gasteiger partial charge in [0.15, 0.2) is 5.69 Å². The van der Waals surface area contributed by atoms with Gasteiger partial charge >= 0.3 is 0 Å². The first-order chi connectivity index (χ1) is 12.3. The number of hydrogen-bond donors (Lipinski definition) is 1. The number of rotatable bonds is 9. The number of nitrogens with one attached hydrogen (secondary N) is 1. The van der Waals surface area contributed by atoms with E-state index in [1.165, 1.54) is 6.26 Å². The van der Waals surface area contributed by atoms with Crippen molar-refractivity contribution < 1.29 is 14.0 Å². The van der Waals surface area contributed by atoms with Crippen molar-refractivity contribution in [1.82, 2.24) is 15.2 Å². The minimum absolute atomic E-state index is 0.0326. The van der Waals surface area contributed by atoms with Crippen LogP contribution >= 0.6 is 11.3 Å². The van der Waals surface area contributed by atoms with Crippen molar-refractivity contribution in [2.75, 3.05) is 13.1 Å². The number of carbonyl (C=O) groups excluding carboxylic acids is 2. The van der Waals surface area contributed by atoms with Gasteiger partial charge in [-0.2, -0.15) is 0 Å². The second-order valence-electron chi connectivity index (χ2n) is 7.15. The summed E-state index contributed by atoms with van der Waals surface area (Å²) in [6, 6.07) is 3.90. The van der Waals surface area contributed by atoms with Gasteiger partial charge in [-0.3, -0.25) is 9.59 Å². The third-order valence-electron chi connectivity index (χ3n) is 3.63. The van der Waals surface area contributed by atoms with Crippen molar-refractivity contribution in [2.45, 2.75) is 40.7 Å². The number of amides is 2. The largest absolute Gasteiger partial charge is 0.446 e. The third-order valence-corrected chi connectivity index (χ3v) is 4.50. The first-order valence-electron chi connectivity index (χ1n) is 8.88. The normalized spacial score (nSPS) is 11.2. The number of nitrogens with zero attached hydrogens (tertiary/aromatic N) is 2. The summed E-state index contributed by atoms with van der Waals surface area (Å²) in [5.41, 5.74) is 0.246. The molecule has 7 heteroatoms. The summed E-state index contributed by atoms with van der Waals surface area (Å²) in [7, 11) is 0. The maximum Gasteiger partial charge on any atom is 0.273 e. The standard InChI is InChI=1S/C19H27N3O3S/c1-13(2)9-20-19(24)16-12-25-17(21-16)11-22(10-14(3)4)18(23)8-15-6-5-7-26-15/h5-7,12-14H,8-11H2,1-4H3,(H,20,24). The van der Waals surface area contributed by atoms with Crippen molar-refractivity contribution in [2.24, 2.45) is 11.8 Å². The highest BCUT2D eigenvalue weighted by Gasteiger charge is 2.20. The van der Waals surface area contributed by atoms with Crippen LogP contribution in [0.2, 0.25) is 0 Å². The maximum absolute atomic E-state index is 12.7. The molecule has 2 amide bonds. The maximum atomic E-state index is 12.7. The molecule has 26 heavy (non-hydrogen) atoms. The van der Waals surface area contributed by atoms with Crippen molar-refractivity contribution in [3.8, 4) is 0 Å². The zero-order valence-electron chi connectivity index (χ0n) is 15.8. The zero-order chi connectivity index (χ0) is 19.1. The third kappa shape index (κ3) is 6.29. The van der Waals surface area contributed by atoms with Crippen LogP contribution in [0.5, 0.6) is 0 Å². The number of hydrogen-bond acceptors (Lipinski definition) is 5. The Morgan fingerprint density at radius 1 is 1.27 bits per heavy atom. The van der Waals surface area contributed by atoms with Crippen LogP contribution in [0.1, 0.15) is 49.0 Å². The summed E-state index contributed by atoms with van der Waals surface area (Å²) in [6.45, 7) is 9.63. The van der Waals surface area contributed by atoms with Gasteiger partial charge in [0, 0.05) is 18.0 Å². The molecule has 142 valence electrons. The molecule has 2 aromatic heterocycles. The summed E-state index contributed by atoms with van der Waals surface area (Å²) < 4.78 is 5.43. The molecule has 6 nitrogen and oxygen atoms in total. The fourth-order valence-corrected chi connectivity index (χ4v) is 3.10. The molecule has 0 saturated carbocycles. The lowest BCUT2D eigenvalue weighted by Crippen LogP contribution is -2.35. The van der Waals surface area contributed by atoms with Crippen LogP contribution in [0.4, 0.5) is 0 Å². The van der Waals surface area contributed by atoms with E-state index in [1.807, 2.05) is 31.4 Å². The molecule has 0 aliphatic carbocycles. The number of thiophene rings is 1. The summed E-state index contributed by atoms with van der Waals surface area (Å²) in [4.78, 5) is 31.7. The van der Waals surface area contributed by atoms with E-state index >= 15 is 0 Å². The Labute approximate surface area is 158 Å². The lowest BCUT2D eigenvalue weighted by atomic mass is 10.2. The topological polar surface area (TPSA) is 75.4 Å². The van der Waals surface area contributed by atoms with Crippen LogP contribution < -0.4 is 5.32 Å². The second-order valence-corrected chi connectivity index (χ2v) is 8.19. The average Bonchev–Trinajstić information content (AvgIpc) is 3.23. The Kier molecular flexibility index (Phi) is 7.38. The lowest BCUT2D eigenvalue weighted by molar-refractivity contribution is -0.131. The van der Waals surface area contributed by atoms with Gasteiger partial charge < -0.3 is 14.6 Å². The molecule has 0 saturated heterocycles. The lowest BCUT2D eigenvalue weighted by Gasteiger charge is -2.23. The Morgan fingerprint density at radius 2 is 2.04 bits per heavy atom. The summed E-state index contributed by atoms with van der Waals surface area (Å²) in [5, 5.41) is 4.77. The molecule has 0 aromatic carbocycles. The fourth-order valence-electron chi connectivity index (χ4n) is 2.41. The summed E-state index contributed by atoms with van der Waals surface area (Å²) in [6.07, 6.45) is 1.72. The molecule has 0 unspecified atom stereocenters. The van der Waals surface area contributed by atoms with Gasteiger partial charge in [-0.25, -0.2) is 4.98 Å². The van der Waals surface area contributed by atoms with Gasteiger partial charge in [0.1, 0.15) is 6.26 Å². The Hall–Kier alpha value is -2.15. The van der Waals surface area contributed by atoms with Gasteiger partial charge in [0.2, 0.25) is 11.8 Å². The van der Waals surface area contributed by atoms with E-state index in [0.29, 0.717) is 37.2 Å². The van der Waals surface area contributed by atoms with Crippen LogP contribution in [0.3, 0.4) is 0 Å². The number of carbonyl (C=O) groups is 2. The van der Waals surface area contributed by atoms with Gasteiger partial charge in [-0.05, 0) is 23.3 Å². The first kappa shape index (κ1) is 20.2. The van der Waals surface area contributed by atoms with Crippen molar-refractivity contribution >= 4 is 23.2 Å². The van der Waals surface area contributed by atoms with Crippen LogP contribution in [-0.2, 0) is 17.8 Å². The van der Waals surface area contributed by atoms with E-state index in [9.17, 15) is 9.59 Å². The molecular weight excluding hydrogens is 350 g/mol. The molecule has 0 bridgehead atoms. The minimum atomic E-state index is -0.256. The number of oxazole rings is 1. The minimum Gasteiger partial charge on any atom is -0.446 e. The molecular formula is C19H27N3O3S. The molecule has 2 heterocycles. The predicted molar refractivity (Wildman–Crippen MR) is 102 cm³/mol. The Bertz CT molecular complexity index is 707. The van der Waals surface area contributed by atoms with Crippen LogP contribution in [-0.4, -0.2) is 34.8 Å². The van der Waals surface area contributed by atoms with Gasteiger partial charge in [-0.1, -0.05) is 33.8 Å². The fraction of sp³-hybridized carbons (Fsp3) is 0.526. The van der Waals surface area contributed by atoms with Crippen LogP contribution in [0, 0.1) is 11.8 Å². The molecule has 2 rings (SSSR count). The first-order valence-corrected chi connectivity index (χ1v) is 9.75. The quantitative estimate of drug-likeness (QED) is 0.727. The average molecular weight is 378 g/mol. The smallest absolute Gasteiger partial charge is 0.273 e. The SMILES string of the molecule is CC(C)CNC(=O)c1coc(CN(CC(C)C)C(=O)Cc2cccs2)n1. The Balaban J connectivity index is 2.01. The zero-order valence-corrected chi connectivity index (χ0v) is 16.6. The Morgan fingerprint density at radius 3 is 2.65 bits per heavy atom. The van der Waals surface area contributed by atoms with Crippen LogP contribution in [0.25, 0.3) is 0 Å². The van der Waals surface area contributed by atoms with E-state index in [2.05, 4.69) is 24.1 Å². The highest BCUT2D eigenvalue weighted by Crippen LogP contribution is 2.14. The van der Waals surface area contributed by atoms with E-state index in [0.717, 1.165) is 4.88 Å². The molecule has 0 radical (unpaired) electrons. The van der Waals surface area contributed by atoms with Gasteiger partial charge in [-0.15, -0.1) is 11.3 Å². The summed E-state index contributed by atoms with van der Waals surface area (Å²) >= 11 is 1.57. The van der Waals surface area contributed by atoms with Gasteiger partial charge in [0.25, 0.3) is 5.91 Å². The molecule has 2 aromatic rings. The van der Waals surface area contributed by atoms with E-state index < -0.39 is 0 Å². The molecule has 0 aliphatic heterocycles. The van der Waals surface area contributed by atoms with Crippen molar-refractivity contribution in [3.63, 3.8) is 0 Å². The van der Waals surface area contributed by atoms with Gasteiger partial charge in [0.05, 0.1) is 13.0 Å².